The summed E-state index contributed by atoms with van der Waals surface area (Å²) in [5, 5.41) is 11.8. The highest BCUT2D eigenvalue weighted by Gasteiger charge is 2.24. The minimum Gasteiger partial charge on any atom is -0.476 e. The monoisotopic (exact) mass is 314 g/mol. The summed E-state index contributed by atoms with van der Waals surface area (Å²) in [6.07, 6.45) is 5.40. The van der Waals surface area contributed by atoms with Crippen molar-refractivity contribution in [3.63, 3.8) is 0 Å². The van der Waals surface area contributed by atoms with Crippen LogP contribution in [0.5, 0.6) is 0 Å². The molecular weight excluding hydrogens is 296 g/mol. The van der Waals surface area contributed by atoms with E-state index in [0.717, 1.165) is 12.8 Å². The standard InChI is InChI=1S/C12H18N4O4S/c1-21(19,20)16-4-2-9(3-5-16)6-14-11-8-13-10(7-15-11)12(17)18/h7-9H,2-6H2,1H3,(H,14,15)(H,17,18). The third kappa shape index (κ3) is 4.36. The zero-order chi connectivity index (χ0) is 15.5. The zero-order valence-electron chi connectivity index (χ0n) is 11.7. The molecule has 1 aromatic rings. The molecule has 0 amide bonds. The van der Waals surface area contributed by atoms with Gasteiger partial charge in [0.1, 0.15) is 5.82 Å². The SMILES string of the molecule is CS(=O)(=O)N1CCC(CNc2cnc(C(=O)O)cn2)CC1. The van der Waals surface area contributed by atoms with Gasteiger partial charge in [0.2, 0.25) is 10.0 Å². The zero-order valence-corrected chi connectivity index (χ0v) is 12.5. The molecule has 0 aromatic carbocycles. The van der Waals surface area contributed by atoms with Crippen LogP contribution in [0.1, 0.15) is 23.3 Å². The van der Waals surface area contributed by atoms with Gasteiger partial charge in [0.15, 0.2) is 5.69 Å². The fourth-order valence-corrected chi connectivity index (χ4v) is 3.10. The number of rotatable bonds is 5. The van der Waals surface area contributed by atoms with Gasteiger partial charge >= 0.3 is 5.97 Å². The van der Waals surface area contributed by atoms with Gasteiger partial charge in [0, 0.05) is 19.6 Å². The van der Waals surface area contributed by atoms with E-state index in [1.165, 1.54) is 23.0 Å². The lowest BCUT2D eigenvalue weighted by Gasteiger charge is -2.30. The van der Waals surface area contributed by atoms with Crippen molar-refractivity contribution in [2.24, 2.45) is 5.92 Å². The lowest BCUT2D eigenvalue weighted by atomic mass is 9.98. The maximum absolute atomic E-state index is 11.4. The van der Waals surface area contributed by atoms with Crippen LogP contribution in [0.15, 0.2) is 12.4 Å². The van der Waals surface area contributed by atoms with Crippen LogP contribution in [-0.4, -0.2) is 59.7 Å². The molecule has 0 atom stereocenters. The summed E-state index contributed by atoms with van der Waals surface area (Å²) in [5.41, 5.74) is -0.0954. The molecule has 2 N–H and O–H groups in total. The number of nitrogens with one attached hydrogen (secondary N) is 1. The van der Waals surface area contributed by atoms with Crippen molar-refractivity contribution in [2.45, 2.75) is 12.8 Å². The highest BCUT2D eigenvalue weighted by Crippen LogP contribution is 2.19. The van der Waals surface area contributed by atoms with Crippen molar-refractivity contribution in [2.75, 3.05) is 31.2 Å². The first kappa shape index (κ1) is 15.6. The molecule has 1 fully saturated rings. The topological polar surface area (TPSA) is 112 Å². The minimum absolute atomic E-state index is 0.0954. The van der Waals surface area contributed by atoms with Crippen LogP contribution in [0.3, 0.4) is 0 Å². The predicted molar refractivity (Wildman–Crippen MR) is 76.6 cm³/mol. The van der Waals surface area contributed by atoms with E-state index in [0.29, 0.717) is 31.4 Å². The number of carboxylic acid groups (broad SMARTS) is 1. The number of carbonyl (C=O) groups is 1. The number of carboxylic acids is 1. The van der Waals surface area contributed by atoms with Gasteiger partial charge in [0.05, 0.1) is 18.6 Å². The third-order valence-corrected chi connectivity index (χ3v) is 4.79. The Morgan fingerprint density at radius 2 is 2.05 bits per heavy atom. The molecule has 0 bridgehead atoms. The van der Waals surface area contributed by atoms with Crippen molar-refractivity contribution in [3.05, 3.63) is 18.1 Å². The molecule has 2 rings (SSSR count). The van der Waals surface area contributed by atoms with Gasteiger partial charge in [-0.25, -0.2) is 27.5 Å². The van der Waals surface area contributed by atoms with Gasteiger partial charge < -0.3 is 10.4 Å². The average Bonchev–Trinajstić information content (AvgIpc) is 2.45. The highest BCUT2D eigenvalue weighted by atomic mass is 32.2. The molecule has 9 heteroatoms. The summed E-state index contributed by atoms with van der Waals surface area (Å²) in [7, 11) is -3.09. The van der Waals surface area contributed by atoms with Gasteiger partial charge in [-0.1, -0.05) is 0 Å². The fourth-order valence-electron chi connectivity index (χ4n) is 2.22. The molecule has 1 saturated heterocycles. The van der Waals surface area contributed by atoms with E-state index < -0.39 is 16.0 Å². The van der Waals surface area contributed by atoms with Crippen molar-refractivity contribution in [3.8, 4) is 0 Å². The van der Waals surface area contributed by atoms with Gasteiger partial charge in [-0.3, -0.25) is 0 Å². The molecular formula is C12H18N4O4S. The van der Waals surface area contributed by atoms with Crippen LogP contribution in [0.25, 0.3) is 0 Å². The van der Waals surface area contributed by atoms with E-state index in [-0.39, 0.29) is 5.69 Å². The predicted octanol–water partition coefficient (Wildman–Crippen LogP) is 0.258. The Kier molecular flexibility index (Phi) is 4.73. The van der Waals surface area contributed by atoms with Crippen LogP contribution < -0.4 is 5.32 Å². The number of aromatic nitrogens is 2. The average molecular weight is 314 g/mol. The minimum atomic E-state index is -3.09. The third-order valence-electron chi connectivity index (χ3n) is 3.49. The lowest BCUT2D eigenvalue weighted by Crippen LogP contribution is -2.39. The number of aromatic carboxylic acids is 1. The number of hydrogen-bond acceptors (Lipinski definition) is 6. The Hall–Kier alpha value is -1.74. The number of sulfonamides is 1. The van der Waals surface area contributed by atoms with Crippen molar-refractivity contribution in [1.82, 2.24) is 14.3 Å². The Bertz CT molecular complexity index is 594. The molecule has 1 aromatic heterocycles. The quantitative estimate of drug-likeness (QED) is 0.801. The fraction of sp³-hybridized carbons (Fsp3) is 0.583. The summed E-state index contributed by atoms with van der Waals surface area (Å²) >= 11 is 0. The van der Waals surface area contributed by atoms with Gasteiger partial charge in [-0.2, -0.15) is 0 Å². The maximum Gasteiger partial charge on any atom is 0.356 e. The summed E-state index contributed by atoms with van der Waals surface area (Å²) < 4.78 is 24.3. The Labute approximate surface area is 123 Å². The van der Waals surface area contributed by atoms with Crippen molar-refractivity contribution >= 4 is 21.8 Å². The Morgan fingerprint density at radius 3 is 2.52 bits per heavy atom. The van der Waals surface area contributed by atoms with Gasteiger partial charge in [0.25, 0.3) is 0 Å². The molecule has 2 heterocycles. The van der Waals surface area contributed by atoms with Crippen LogP contribution >= 0.6 is 0 Å². The molecule has 0 spiro atoms. The molecule has 0 radical (unpaired) electrons. The summed E-state index contributed by atoms with van der Waals surface area (Å²) in [4.78, 5) is 18.4. The number of piperidine rings is 1. The second-order valence-corrected chi connectivity index (χ2v) is 7.06. The second kappa shape index (κ2) is 6.35. The normalized spacial score (nSPS) is 17.6. The smallest absolute Gasteiger partial charge is 0.356 e. The van der Waals surface area contributed by atoms with E-state index >= 15 is 0 Å². The Morgan fingerprint density at radius 1 is 1.38 bits per heavy atom. The van der Waals surface area contributed by atoms with Crippen LogP contribution in [0.4, 0.5) is 5.82 Å². The van der Waals surface area contributed by atoms with Crippen molar-refractivity contribution < 1.29 is 18.3 Å². The Balaban J connectivity index is 1.81. The maximum atomic E-state index is 11.4. The van der Waals surface area contributed by atoms with Gasteiger partial charge in [-0.15, -0.1) is 0 Å². The first-order valence-corrected chi connectivity index (χ1v) is 8.45. The van der Waals surface area contributed by atoms with Crippen LogP contribution in [0, 0.1) is 5.92 Å². The molecule has 0 unspecified atom stereocenters. The number of anilines is 1. The van der Waals surface area contributed by atoms with E-state index in [4.69, 9.17) is 5.11 Å². The molecule has 116 valence electrons. The van der Waals surface area contributed by atoms with E-state index in [1.54, 1.807) is 0 Å². The number of hydrogen-bond donors (Lipinski definition) is 2. The summed E-state index contributed by atoms with van der Waals surface area (Å²) in [6, 6.07) is 0. The second-order valence-electron chi connectivity index (χ2n) is 5.08. The molecule has 0 aliphatic carbocycles. The van der Waals surface area contributed by atoms with E-state index in [2.05, 4.69) is 15.3 Å². The molecule has 8 nitrogen and oxygen atoms in total. The first-order valence-electron chi connectivity index (χ1n) is 6.60. The summed E-state index contributed by atoms with van der Waals surface area (Å²) in [6.45, 7) is 1.74. The molecule has 1 aliphatic heterocycles. The van der Waals surface area contributed by atoms with Gasteiger partial charge in [-0.05, 0) is 18.8 Å². The molecule has 21 heavy (non-hydrogen) atoms. The van der Waals surface area contributed by atoms with Crippen LogP contribution in [-0.2, 0) is 10.0 Å². The lowest BCUT2D eigenvalue weighted by molar-refractivity contribution is 0.0690. The van der Waals surface area contributed by atoms with E-state index in [9.17, 15) is 13.2 Å². The van der Waals surface area contributed by atoms with Crippen LogP contribution in [0.2, 0.25) is 0 Å². The molecule has 1 aliphatic rings. The number of nitrogens with zero attached hydrogens (tertiary/aromatic N) is 3. The first-order chi connectivity index (χ1) is 9.86. The van der Waals surface area contributed by atoms with E-state index in [1.807, 2.05) is 0 Å². The molecule has 0 saturated carbocycles. The summed E-state index contributed by atoms with van der Waals surface area (Å²) in [5.74, 6) is -0.225. The highest BCUT2D eigenvalue weighted by molar-refractivity contribution is 7.88. The largest absolute Gasteiger partial charge is 0.476 e. The van der Waals surface area contributed by atoms with Crippen molar-refractivity contribution in [1.29, 1.82) is 0 Å².